The van der Waals surface area contributed by atoms with Crippen LogP contribution in [0.4, 0.5) is 5.69 Å². The van der Waals surface area contributed by atoms with Crippen molar-refractivity contribution >= 4 is 34.5 Å². The number of fused-ring (bicyclic) bond motifs is 1. The van der Waals surface area contributed by atoms with Crippen molar-refractivity contribution in [3.63, 3.8) is 0 Å². The van der Waals surface area contributed by atoms with E-state index in [-0.39, 0.29) is 11.5 Å². The molecule has 2 aliphatic rings. The van der Waals surface area contributed by atoms with Crippen LogP contribution in [0.3, 0.4) is 0 Å². The van der Waals surface area contributed by atoms with Gasteiger partial charge < -0.3 is 4.74 Å². The third-order valence-corrected chi connectivity index (χ3v) is 5.85. The topological polar surface area (TPSA) is 98.9 Å². The van der Waals surface area contributed by atoms with Gasteiger partial charge in [0.25, 0.3) is 5.69 Å². The van der Waals surface area contributed by atoms with Crippen molar-refractivity contribution in [2.24, 2.45) is 10.9 Å². The Balaban J connectivity index is 2.19. The summed E-state index contributed by atoms with van der Waals surface area (Å²) in [7, 11) is 1.28. The van der Waals surface area contributed by atoms with E-state index < -0.39 is 22.7 Å². The molecule has 2 heterocycles. The van der Waals surface area contributed by atoms with Crippen LogP contribution in [-0.2, 0) is 14.3 Å². The molecular formula is C17H18N2O5S. The first-order chi connectivity index (χ1) is 11.8. The Bertz CT molecular complexity index is 836. The number of hydrogen-bond acceptors (Lipinski definition) is 7. The fourth-order valence-electron chi connectivity index (χ4n) is 3.63. The molecule has 1 fully saturated rings. The average molecular weight is 362 g/mol. The van der Waals surface area contributed by atoms with Crippen LogP contribution in [0.2, 0.25) is 0 Å². The monoisotopic (exact) mass is 362 g/mol. The summed E-state index contributed by atoms with van der Waals surface area (Å²) in [4.78, 5) is 41.4. The van der Waals surface area contributed by atoms with Gasteiger partial charge in [0.1, 0.15) is 5.78 Å². The van der Waals surface area contributed by atoms with Gasteiger partial charge in [0, 0.05) is 34.7 Å². The van der Waals surface area contributed by atoms with Gasteiger partial charge in [0.05, 0.1) is 28.4 Å². The predicted octanol–water partition coefficient (Wildman–Crippen LogP) is 3.32. The van der Waals surface area contributed by atoms with E-state index in [2.05, 4.69) is 4.99 Å². The summed E-state index contributed by atoms with van der Waals surface area (Å²) in [6.45, 7) is 3.39. The largest absolute Gasteiger partial charge is 0.466 e. The van der Waals surface area contributed by atoms with Crippen LogP contribution in [-0.4, -0.2) is 29.5 Å². The number of Topliss-reactive ketones (excluding diaryl/α,β-unsaturated/α-hetero) is 1. The van der Waals surface area contributed by atoms with E-state index in [1.54, 1.807) is 13.8 Å². The van der Waals surface area contributed by atoms with E-state index in [9.17, 15) is 19.7 Å². The van der Waals surface area contributed by atoms with Gasteiger partial charge >= 0.3 is 5.97 Å². The number of aliphatic imine (C=N–C) groups is 1. The summed E-state index contributed by atoms with van der Waals surface area (Å²) in [6.07, 6.45) is 1.87. The van der Waals surface area contributed by atoms with Crippen molar-refractivity contribution in [2.75, 3.05) is 7.11 Å². The van der Waals surface area contributed by atoms with Crippen molar-refractivity contribution in [2.45, 2.75) is 39.0 Å². The molecule has 0 saturated heterocycles. The number of nitrogens with zero attached hydrogens (tertiary/aromatic N) is 2. The van der Waals surface area contributed by atoms with Gasteiger partial charge in [0.15, 0.2) is 0 Å². The molecule has 0 aromatic carbocycles. The molecule has 1 unspecified atom stereocenters. The van der Waals surface area contributed by atoms with E-state index in [1.165, 1.54) is 24.5 Å². The predicted molar refractivity (Wildman–Crippen MR) is 93.0 cm³/mol. The lowest BCUT2D eigenvalue weighted by molar-refractivity contribution is -0.385. The fraction of sp³-hybridized carbons (Fsp3) is 0.471. The van der Waals surface area contributed by atoms with E-state index in [0.29, 0.717) is 33.9 Å². The minimum Gasteiger partial charge on any atom is -0.466 e. The number of allylic oxidation sites excluding steroid dienone is 1. The van der Waals surface area contributed by atoms with E-state index in [4.69, 9.17) is 4.74 Å². The molecule has 3 rings (SSSR count). The number of thiophene rings is 1. The van der Waals surface area contributed by atoms with Gasteiger partial charge in [-0.3, -0.25) is 19.9 Å². The molecule has 0 radical (unpaired) electrons. The first-order valence-electron chi connectivity index (χ1n) is 7.99. The summed E-state index contributed by atoms with van der Waals surface area (Å²) < 4.78 is 4.90. The van der Waals surface area contributed by atoms with E-state index in [1.807, 2.05) is 0 Å². The number of ketones is 1. The quantitative estimate of drug-likeness (QED) is 0.466. The van der Waals surface area contributed by atoms with Crippen molar-refractivity contribution in [1.29, 1.82) is 0 Å². The molecule has 1 aromatic rings. The minimum absolute atomic E-state index is 0.00851. The smallest absolute Gasteiger partial charge is 0.336 e. The molecule has 1 aliphatic carbocycles. The Morgan fingerprint density at radius 2 is 2.08 bits per heavy atom. The summed E-state index contributed by atoms with van der Waals surface area (Å²) in [5.74, 6) is -1.62. The zero-order valence-corrected chi connectivity index (χ0v) is 15.0. The number of ether oxygens (including phenoxy) is 1. The molecule has 0 bridgehead atoms. The van der Waals surface area contributed by atoms with Crippen LogP contribution in [0.15, 0.2) is 22.3 Å². The number of methoxy groups -OCH3 is 1. The molecule has 0 N–H and O–H groups in total. The summed E-state index contributed by atoms with van der Waals surface area (Å²) in [5.41, 5.74) is 1.61. The maximum absolute atomic E-state index is 12.6. The number of carbonyl (C=O) groups is 2. The van der Waals surface area contributed by atoms with Crippen molar-refractivity contribution in [3.8, 4) is 0 Å². The molecule has 25 heavy (non-hydrogen) atoms. The maximum atomic E-state index is 12.6. The van der Waals surface area contributed by atoms with Gasteiger partial charge in [-0.2, -0.15) is 0 Å². The van der Waals surface area contributed by atoms with Crippen LogP contribution in [0.1, 0.15) is 41.9 Å². The minimum atomic E-state index is -0.565. The number of rotatable bonds is 3. The van der Waals surface area contributed by atoms with Gasteiger partial charge in [-0.1, -0.05) is 0 Å². The third kappa shape index (κ3) is 2.90. The number of hydrogen-bond donors (Lipinski definition) is 0. The highest BCUT2D eigenvalue weighted by Crippen LogP contribution is 2.46. The fourth-order valence-corrected chi connectivity index (χ4v) is 4.78. The number of esters is 1. The highest BCUT2D eigenvalue weighted by molar-refractivity contribution is 7.12. The number of carbonyl (C=O) groups excluding carboxylic acids is 2. The standard InChI is InChI=1S/C17H18N2O5S/c1-8-14(17(21)24-3)16(13-7-11(19(22)23)9(2)25-13)15-10(18-8)5-4-6-12(15)20/h7,15-16H,4-6H2,1-3H3/t15?,16-/m1/s1. The normalized spacial score (nSPS) is 23.2. The number of aryl methyl sites for hydroxylation is 1. The first-order valence-corrected chi connectivity index (χ1v) is 8.80. The first kappa shape index (κ1) is 17.5. The Morgan fingerprint density at radius 1 is 1.36 bits per heavy atom. The maximum Gasteiger partial charge on any atom is 0.336 e. The summed E-state index contributed by atoms with van der Waals surface area (Å²) in [5, 5.41) is 11.2. The van der Waals surface area contributed by atoms with Gasteiger partial charge in [-0.05, 0) is 26.7 Å². The molecule has 7 nitrogen and oxygen atoms in total. The molecule has 8 heteroatoms. The van der Waals surface area contributed by atoms with Crippen LogP contribution in [0.5, 0.6) is 0 Å². The van der Waals surface area contributed by atoms with Crippen LogP contribution < -0.4 is 0 Å². The van der Waals surface area contributed by atoms with E-state index in [0.717, 1.165) is 12.1 Å². The lowest BCUT2D eigenvalue weighted by Crippen LogP contribution is -2.38. The zero-order valence-electron chi connectivity index (χ0n) is 14.2. The molecule has 1 aromatic heterocycles. The second kappa shape index (κ2) is 6.51. The highest BCUT2D eigenvalue weighted by Gasteiger charge is 2.44. The molecular weight excluding hydrogens is 344 g/mol. The Kier molecular flexibility index (Phi) is 4.55. The highest BCUT2D eigenvalue weighted by atomic mass is 32.1. The Hall–Kier alpha value is -2.35. The number of nitro groups is 1. The molecule has 0 amide bonds. The van der Waals surface area contributed by atoms with E-state index >= 15 is 0 Å². The molecule has 0 spiro atoms. The van der Waals surface area contributed by atoms with Crippen molar-refractivity contribution in [3.05, 3.63) is 37.2 Å². The lowest BCUT2D eigenvalue weighted by atomic mass is 9.71. The Labute approximate surface area is 148 Å². The molecule has 2 atom stereocenters. The third-order valence-electron chi connectivity index (χ3n) is 4.73. The average Bonchev–Trinajstić information content (AvgIpc) is 2.95. The summed E-state index contributed by atoms with van der Waals surface area (Å²) in [6, 6.07) is 1.48. The summed E-state index contributed by atoms with van der Waals surface area (Å²) >= 11 is 1.25. The van der Waals surface area contributed by atoms with Crippen molar-refractivity contribution in [1.82, 2.24) is 0 Å². The molecule has 1 saturated carbocycles. The van der Waals surface area contributed by atoms with Gasteiger partial charge in [0.2, 0.25) is 0 Å². The van der Waals surface area contributed by atoms with Gasteiger partial charge in [-0.25, -0.2) is 4.79 Å². The SMILES string of the molecule is COC(=O)C1=C(C)N=C2CCCC(=O)C2[C@@H]1c1cc([N+](=O)[O-])c(C)s1. The second-order valence-corrected chi connectivity index (χ2v) is 7.50. The Morgan fingerprint density at radius 3 is 2.68 bits per heavy atom. The van der Waals surface area contributed by atoms with Crippen molar-refractivity contribution < 1.29 is 19.2 Å². The van der Waals surface area contributed by atoms with Crippen LogP contribution in [0.25, 0.3) is 0 Å². The zero-order chi connectivity index (χ0) is 18.3. The van der Waals surface area contributed by atoms with Gasteiger partial charge in [-0.15, -0.1) is 11.3 Å². The van der Waals surface area contributed by atoms with Crippen LogP contribution in [0, 0.1) is 23.0 Å². The molecule has 132 valence electrons. The lowest BCUT2D eigenvalue weighted by Gasteiger charge is -2.34. The second-order valence-electron chi connectivity index (χ2n) is 6.22. The van der Waals surface area contributed by atoms with Crippen LogP contribution >= 0.6 is 11.3 Å². The molecule has 1 aliphatic heterocycles.